The molecular formula is C19H15FN4O2S. The molecule has 0 unspecified atom stereocenters. The van der Waals surface area contributed by atoms with Crippen molar-refractivity contribution in [3.05, 3.63) is 65.7 Å². The third kappa shape index (κ3) is 3.80. The highest BCUT2D eigenvalue weighted by Gasteiger charge is 2.11. The zero-order chi connectivity index (χ0) is 18.8. The summed E-state index contributed by atoms with van der Waals surface area (Å²) in [6.45, 7) is 1.74. The van der Waals surface area contributed by atoms with E-state index in [1.165, 1.54) is 23.5 Å². The Kier molecular flexibility index (Phi) is 4.55. The number of nitrogens with zero attached hydrogens (tertiary/aromatic N) is 3. The number of aryl methyl sites for hydroxylation is 1. The van der Waals surface area contributed by atoms with Crippen LogP contribution >= 0.6 is 11.3 Å². The summed E-state index contributed by atoms with van der Waals surface area (Å²) in [6, 6.07) is 9.64. The fourth-order valence-corrected chi connectivity index (χ4v) is 3.34. The van der Waals surface area contributed by atoms with Gasteiger partial charge in [0.2, 0.25) is 0 Å². The number of anilines is 1. The van der Waals surface area contributed by atoms with Crippen LogP contribution in [0.3, 0.4) is 0 Å². The molecule has 0 fully saturated rings. The number of halogens is 1. The summed E-state index contributed by atoms with van der Waals surface area (Å²) >= 11 is 1.30. The van der Waals surface area contributed by atoms with Gasteiger partial charge in [-0.2, -0.15) is 0 Å². The second-order valence-electron chi connectivity index (χ2n) is 5.87. The van der Waals surface area contributed by atoms with Crippen LogP contribution in [-0.2, 0) is 4.79 Å². The Morgan fingerprint density at radius 1 is 1.26 bits per heavy atom. The Balaban J connectivity index is 1.40. The Labute approximate surface area is 158 Å². The van der Waals surface area contributed by atoms with Gasteiger partial charge in [-0.15, -0.1) is 11.3 Å². The van der Waals surface area contributed by atoms with Crippen molar-refractivity contribution < 1.29 is 13.9 Å². The van der Waals surface area contributed by atoms with Gasteiger partial charge in [0, 0.05) is 23.3 Å². The van der Waals surface area contributed by atoms with E-state index in [0.29, 0.717) is 22.2 Å². The van der Waals surface area contributed by atoms with Crippen LogP contribution in [-0.4, -0.2) is 26.9 Å². The molecule has 0 aliphatic carbocycles. The average Bonchev–Trinajstić information content (AvgIpc) is 3.26. The molecule has 1 aromatic carbocycles. The molecule has 3 heterocycles. The smallest absolute Gasteiger partial charge is 0.264 e. The van der Waals surface area contributed by atoms with E-state index < -0.39 is 0 Å². The highest BCUT2D eigenvalue weighted by atomic mass is 32.1. The largest absolute Gasteiger partial charge is 0.480 e. The van der Waals surface area contributed by atoms with Gasteiger partial charge in [0.1, 0.15) is 5.82 Å². The van der Waals surface area contributed by atoms with E-state index in [1.54, 1.807) is 23.6 Å². The normalized spacial score (nSPS) is 10.9. The molecule has 0 saturated carbocycles. The standard InChI is InChI=1S/C19H15FN4O2S/c1-12-9-24-8-2-3-16(18(24)21-12)26-10-17(25)23-19-22-15(11-27-19)13-4-6-14(20)7-5-13/h2-9,11H,10H2,1H3,(H,22,23,25). The lowest BCUT2D eigenvalue weighted by Crippen LogP contribution is -2.20. The molecule has 4 rings (SSSR count). The Hall–Kier alpha value is -3.26. The van der Waals surface area contributed by atoms with Gasteiger partial charge < -0.3 is 9.14 Å². The first kappa shape index (κ1) is 17.2. The number of fused-ring (bicyclic) bond motifs is 1. The van der Waals surface area contributed by atoms with E-state index in [0.717, 1.165) is 11.3 Å². The van der Waals surface area contributed by atoms with Crippen LogP contribution in [0.5, 0.6) is 5.75 Å². The minimum atomic E-state index is -0.319. The van der Waals surface area contributed by atoms with Crippen molar-refractivity contribution in [2.45, 2.75) is 6.92 Å². The molecular weight excluding hydrogens is 367 g/mol. The van der Waals surface area contributed by atoms with Crippen molar-refractivity contribution in [1.29, 1.82) is 0 Å². The Morgan fingerprint density at radius 3 is 2.89 bits per heavy atom. The number of rotatable bonds is 5. The molecule has 0 atom stereocenters. The third-order valence-corrected chi connectivity index (χ3v) is 4.57. The number of nitrogens with one attached hydrogen (secondary N) is 1. The van der Waals surface area contributed by atoms with Crippen molar-refractivity contribution in [2.75, 3.05) is 11.9 Å². The summed E-state index contributed by atoms with van der Waals surface area (Å²) in [6.07, 6.45) is 3.75. The van der Waals surface area contributed by atoms with Gasteiger partial charge in [0.15, 0.2) is 23.1 Å². The molecule has 3 aromatic heterocycles. The number of imidazole rings is 1. The van der Waals surface area contributed by atoms with Gasteiger partial charge in [0.25, 0.3) is 5.91 Å². The highest BCUT2D eigenvalue weighted by Crippen LogP contribution is 2.25. The van der Waals surface area contributed by atoms with Crippen molar-refractivity contribution in [2.24, 2.45) is 0 Å². The Bertz CT molecular complexity index is 1100. The van der Waals surface area contributed by atoms with Crippen LogP contribution in [0.15, 0.2) is 54.2 Å². The first-order chi connectivity index (χ1) is 13.1. The number of carbonyl (C=O) groups is 1. The number of hydrogen-bond donors (Lipinski definition) is 1. The van der Waals surface area contributed by atoms with E-state index in [2.05, 4.69) is 15.3 Å². The summed E-state index contributed by atoms with van der Waals surface area (Å²) in [4.78, 5) is 20.9. The van der Waals surface area contributed by atoms with Crippen molar-refractivity contribution in [3.63, 3.8) is 0 Å². The molecule has 1 N–H and O–H groups in total. The number of pyridine rings is 1. The predicted molar refractivity (Wildman–Crippen MR) is 102 cm³/mol. The fraction of sp³-hybridized carbons (Fsp3) is 0.105. The maximum Gasteiger partial charge on any atom is 0.264 e. The highest BCUT2D eigenvalue weighted by molar-refractivity contribution is 7.14. The molecule has 27 heavy (non-hydrogen) atoms. The molecule has 0 bridgehead atoms. The maximum absolute atomic E-state index is 13.0. The summed E-state index contributed by atoms with van der Waals surface area (Å²) in [7, 11) is 0. The van der Waals surface area contributed by atoms with Gasteiger partial charge in [0.05, 0.1) is 11.4 Å². The molecule has 0 saturated heterocycles. The number of ether oxygens (including phenoxy) is 1. The number of thiazole rings is 1. The number of aromatic nitrogens is 3. The Morgan fingerprint density at radius 2 is 2.07 bits per heavy atom. The van der Waals surface area contributed by atoms with Crippen LogP contribution in [0.1, 0.15) is 5.69 Å². The van der Waals surface area contributed by atoms with Gasteiger partial charge in [-0.05, 0) is 43.3 Å². The third-order valence-electron chi connectivity index (χ3n) is 3.82. The van der Waals surface area contributed by atoms with E-state index in [9.17, 15) is 9.18 Å². The van der Waals surface area contributed by atoms with Crippen molar-refractivity contribution in [1.82, 2.24) is 14.4 Å². The molecule has 0 aliphatic heterocycles. The van der Waals surface area contributed by atoms with Gasteiger partial charge >= 0.3 is 0 Å². The van der Waals surface area contributed by atoms with Gasteiger partial charge in [-0.25, -0.2) is 14.4 Å². The van der Waals surface area contributed by atoms with E-state index in [4.69, 9.17) is 4.74 Å². The zero-order valence-electron chi connectivity index (χ0n) is 14.3. The number of carbonyl (C=O) groups excluding carboxylic acids is 1. The van der Waals surface area contributed by atoms with E-state index >= 15 is 0 Å². The fourth-order valence-electron chi connectivity index (χ4n) is 2.61. The van der Waals surface area contributed by atoms with Crippen LogP contribution in [0.25, 0.3) is 16.9 Å². The first-order valence-corrected chi connectivity index (χ1v) is 9.05. The van der Waals surface area contributed by atoms with Crippen molar-refractivity contribution in [3.8, 4) is 17.0 Å². The molecule has 4 aromatic rings. The minimum Gasteiger partial charge on any atom is -0.480 e. The minimum absolute atomic E-state index is 0.156. The molecule has 136 valence electrons. The van der Waals surface area contributed by atoms with E-state index in [-0.39, 0.29) is 18.3 Å². The quantitative estimate of drug-likeness (QED) is 0.568. The van der Waals surface area contributed by atoms with Gasteiger partial charge in [-0.3, -0.25) is 10.1 Å². The molecule has 0 radical (unpaired) electrons. The molecule has 6 nitrogen and oxygen atoms in total. The average molecular weight is 382 g/mol. The topological polar surface area (TPSA) is 68.5 Å². The lowest BCUT2D eigenvalue weighted by Gasteiger charge is -2.06. The summed E-state index contributed by atoms with van der Waals surface area (Å²) in [5.74, 6) is -0.0884. The monoisotopic (exact) mass is 382 g/mol. The molecule has 0 spiro atoms. The first-order valence-electron chi connectivity index (χ1n) is 8.17. The number of amides is 1. The zero-order valence-corrected chi connectivity index (χ0v) is 15.2. The van der Waals surface area contributed by atoms with Crippen LogP contribution < -0.4 is 10.1 Å². The van der Waals surface area contributed by atoms with Gasteiger partial charge in [-0.1, -0.05) is 0 Å². The lowest BCUT2D eigenvalue weighted by molar-refractivity contribution is -0.118. The predicted octanol–water partition coefficient (Wildman–Crippen LogP) is 3.92. The second kappa shape index (κ2) is 7.16. The SMILES string of the molecule is Cc1cn2cccc(OCC(=O)Nc3nc(-c4ccc(F)cc4)cs3)c2n1. The lowest BCUT2D eigenvalue weighted by atomic mass is 10.2. The number of benzene rings is 1. The maximum atomic E-state index is 13.0. The van der Waals surface area contributed by atoms with Crippen molar-refractivity contribution >= 4 is 28.0 Å². The molecule has 0 aliphatic rings. The summed E-state index contributed by atoms with van der Waals surface area (Å²) < 4.78 is 20.5. The van der Waals surface area contributed by atoms with Crippen LogP contribution in [0, 0.1) is 12.7 Å². The summed E-state index contributed by atoms with van der Waals surface area (Å²) in [5, 5.41) is 4.97. The summed E-state index contributed by atoms with van der Waals surface area (Å²) in [5.41, 5.74) is 2.99. The second-order valence-corrected chi connectivity index (χ2v) is 6.73. The van der Waals surface area contributed by atoms with Crippen LogP contribution in [0.4, 0.5) is 9.52 Å². The molecule has 1 amide bonds. The number of hydrogen-bond acceptors (Lipinski definition) is 5. The van der Waals surface area contributed by atoms with Crippen LogP contribution in [0.2, 0.25) is 0 Å². The van der Waals surface area contributed by atoms with E-state index in [1.807, 2.05) is 29.8 Å². The molecule has 8 heteroatoms.